The fourth-order valence-corrected chi connectivity index (χ4v) is 2.23. The molecule has 2 N–H and O–H groups in total. The fraction of sp³-hybridized carbons (Fsp3) is 0.385. The van der Waals surface area contributed by atoms with Crippen molar-refractivity contribution in [2.24, 2.45) is 0 Å². The number of aliphatic carboxylic acids is 1. The Kier molecular flexibility index (Phi) is 4.36. The number of carbonyl (C=O) groups excluding carboxylic acids is 2. The lowest BCUT2D eigenvalue weighted by Gasteiger charge is -2.35. The Morgan fingerprint density at radius 3 is 3.00 bits per heavy atom. The lowest BCUT2D eigenvalue weighted by Crippen LogP contribution is -2.56. The normalized spacial score (nSPS) is 18.0. The van der Waals surface area contributed by atoms with Gasteiger partial charge in [-0.2, -0.15) is 0 Å². The maximum Gasteiger partial charge on any atom is 0.341 e. The molecule has 8 nitrogen and oxygen atoms in total. The van der Waals surface area contributed by atoms with Gasteiger partial charge in [0.1, 0.15) is 17.4 Å². The average Bonchev–Trinajstić information content (AvgIpc) is 2.48. The molecule has 1 aromatic rings. The number of ether oxygens (including phenoxy) is 1. The van der Waals surface area contributed by atoms with Crippen molar-refractivity contribution in [3.63, 3.8) is 0 Å². The summed E-state index contributed by atoms with van der Waals surface area (Å²) >= 11 is 0. The van der Waals surface area contributed by atoms with Gasteiger partial charge in [-0.3, -0.25) is 9.59 Å². The van der Waals surface area contributed by atoms with E-state index in [0.717, 1.165) is 0 Å². The van der Waals surface area contributed by atoms with Crippen molar-refractivity contribution in [3.05, 3.63) is 23.9 Å². The number of nitrogens with one attached hydrogen (secondary N) is 1. The topological polar surface area (TPSA) is 109 Å². The van der Waals surface area contributed by atoms with Crippen molar-refractivity contribution in [1.82, 2.24) is 10.3 Å². The zero-order chi connectivity index (χ0) is 15.4. The van der Waals surface area contributed by atoms with Crippen LogP contribution in [-0.2, 0) is 14.3 Å². The zero-order valence-electron chi connectivity index (χ0n) is 11.4. The van der Waals surface area contributed by atoms with E-state index in [9.17, 15) is 14.4 Å². The van der Waals surface area contributed by atoms with E-state index in [0.29, 0.717) is 13.1 Å². The van der Waals surface area contributed by atoms with Gasteiger partial charge >= 0.3 is 11.9 Å². The molecular weight excluding hydrogens is 278 g/mol. The van der Waals surface area contributed by atoms with Crippen LogP contribution >= 0.6 is 0 Å². The average molecular weight is 293 g/mol. The molecule has 0 saturated carbocycles. The smallest absolute Gasteiger partial charge is 0.341 e. The second-order valence-corrected chi connectivity index (χ2v) is 4.46. The molecule has 2 rings (SSSR count). The number of piperazine rings is 1. The summed E-state index contributed by atoms with van der Waals surface area (Å²) in [6.45, 7) is 0.719. The number of carboxylic acids is 1. The van der Waals surface area contributed by atoms with E-state index in [1.165, 1.54) is 24.3 Å². The van der Waals surface area contributed by atoms with Crippen LogP contribution in [0, 0.1) is 0 Å². The van der Waals surface area contributed by atoms with E-state index < -0.39 is 23.9 Å². The highest BCUT2D eigenvalue weighted by Gasteiger charge is 2.34. The maximum atomic E-state index is 11.9. The number of pyridine rings is 1. The molecule has 1 atom stereocenters. The maximum absolute atomic E-state index is 11.9. The number of rotatable bonds is 4. The van der Waals surface area contributed by atoms with Crippen LogP contribution in [0.4, 0.5) is 5.82 Å². The van der Waals surface area contributed by atoms with Crippen LogP contribution < -0.4 is 10.2 Å². The molecule has 21 heavy (non-hydrogen) atoms. The van der Waals surface area contributed by atoms with Gasteiger partial charge < -0.3 is 20.1 Å². The summed E-state index contributed by atoms with van der Waals surface area (Å²) in [7, 11) is 1.25. The van der Waals surface area contributed by atoms with Gasteiger partial charge in [-0.25, -0.2) is 9.78 Å². The highest BCUT2D eigenvalue weighted by molar-refractivity contribution is 5.97. The molecule has 1 aromatic heterocycles. The standard InChI is InChI=1S/C13H15N3O5/c1-21-13(20)8-3-2-4-14-11(8)16-6-5-15-12(19)9(16)7-10(17)18/h2-4,9H,5-7H2,1H3,(H,15,19)(H,17,18). The molecule has 112 valence electrons. The molecule has 1 aliphatic heterocycles. The summed E-state index contributed by atoms with van der Waals surface area (Å²) in [6, 6.07) is 2.19. The number of esters is 1. The number of hydrogen-bond donors (Lipinski definition) is 2. The molecule has 1 fully saturated rings. The monoisotopic (exact) mass is 293 g/mol. The summed E-state index contributed by atoms with van der Waals surface area (Å²) in [6.07, 6.45) is 1.11. The molecule has 1 saturated heterocycles. The van der Waals surface area contributed by atoms with Crippen LogP contribution in [0.3, 0.4) is 0 Å². The Morgan fingerprint density at radius 2 is 2.33 bits per heavy atom. The van der Waals surface area contributed by atoms with Gasteiger partial charge in [0.15, 0.2) is 0 Å². The number of carbonyl (C=O) groups is 3. The van der Waals surface area contributed by atoms with E-state index >= 15 is 0 Å². The summed E-state index contributed by atoms with van der Waals surface area (Å²) in [5.74, 6) is -1.83. The van der Waals surface area contributed by atoms with Crippen LogP contribution in [0.15, 0.2) is 18.3 Å². The first-order valence-electron chi connectivity index (χ1n) is 6.34. The second kappa shape index (κ2) is 6.21. The molecule has 1 aliphatic rings. The minimum Gasteiger partial charge on any atom is -0.481 e. The highest BCUT2D eigenvalue weighted by Crippen LogP contribution is 2.23. The third-order valence-corrected chi connectivity index (χ3v) is 3.16. The van der Waals surface area contributed by atoms with E-state index in [-0.39, 0.29) is 17.8 Å². The van der Waals surface area contributed by atoms with Gasteiger partial charge in [0, 0.05) is 19.3 Å². The number of methoxy groups -OCH3 is 1. The summed E-state index contributed by atoms with van der Waals surface area (Å²) in [5, 5.41) is 11.6. The Bertz CT molecular complexity index is 575. The quantitative estimate of drug-likeness (QED) is 0.730. The third kappa shape index (κ3) is 3.10. The van der Waals surface area contributed by atoms with Crippen LogP contribution in [0.5, 0.6) is 0 Å². The van der Waals surface area contributed by atoms with Gasteiger partial charge in [0.05, 0.1) is 13.5 Å². The number of nitrogens with zero attached hydrogens (tertiary/aromatic N) is 2. The second-order valence-electron chi connectivity index (χ2n) is 4.46. The lowest BCUT2D eigenvalue weighted by atomic mass is 10.1. The van der Waals surface area contributed by atoms with Crippen LogP contribution in [0.25, 0.3) is 0 Å². The Hall–Kier alpha value is -2.64. The van der Waals surface area contributed by atoms with Gasteiger partial charge in [0.2, 0.25) is 5.91 Å². The molecule has 2 heterocycles. The summed E-state index contributed by atoms with van der Waals surface area (Å²) < 4.78 is 4.69. The number of carboxylic acid groups (broad SMARTS) is 1. The molecule has 1 unspecified atom stereocenters. The van der Waals surface area contributed by atoms with Crippen molar-refractivity contribution in [2.75, 3.05) is 25.1 Å². The number of hydrogen-bond acceptors (Lipinski definition) is 6. The first-order chi connectivity index (χ1) is 10.0. The fourth-order valence-electron chi connectivity index (χ4n) is 2.23. The molecule has 8 heteroatoms. The van der Waals surface area contributed by atoms with Crippen molar-refractivity contribution < 1.29 is 24.2 Å². The van der Waals surface area contributed by atoms with E-state index in [1.54, 1.807) is 6.07 Å². The van der Waals surface area contributed by atoms with Crippen molar-refractivity contribution >= 4 is 23.7 Å². The number of anilines is 1. The lowest BCUT2D eigenvalue weighted by molar-refractivity contribution is -0.139. The van der Waals surface area contributed by atoms with Crippen molar-refractivity contribution in [3.8, 4) is 0 Å². The van der Waals surface area contributed by atoms with Gasteiger partial charge in [0.25, 0.3) is 0 Å². The minimum absolute atomic E-state index is 0.199. The summed E-state index contributed by atoms with van der Waals surface area (Å²) in [5.41, 5.74) is 0.199. The molecule has 0 radical (unpaired) electrons. The number of amides is 1. The van der Waals surface area contributed by atoms with Gasteiger partial charge in [-0.05, 0) is 12.1 Å². The minimum atomic E-state index is -1.10. The van der Waals surface area contributed by atoms with Crippen LogP contribution in [-0.4, -0.2) is 54.2 Å². The van der Waals surface area contributed by atoms with E-state index in [4.69, 9.17) is 5.11 Å². The van der Waals surface area contributed by atoms with Crippen LogP contribution in [0.2, 0.25) is 0 Å². The predicted octanol–water partition coefficient (Wildman–Crippen LogP) is -0.352. The SMILES string of the molecule is COC(=O)c1cccnc1N1CCNC(=O)C1CC(=O)O. The zero-order valence-corrected chi connectivity index (χ0v) is 11.4. The van der Waals surface area contributed by atoms with E-state index in [1.807, 2.05) is 0 Å². The van der Waals surface area contributed by atoms with Gasteiger partial charge in [-0.15, -0.1) is 0 Å². The van der Waals surface area contributed by atoms with Crippen molar-refractivity contribution in [2.45, 2.75) is 12.5 Å². The van der Waals surface area contributed by atoms with E-state index in [2.05, 4.69) is 15.0 Å². The first-order valence-corrected chi connectivity index (χ1v) is 6.34. The Labute approximate surface area is 120 Å². The first kappa shape index (κ1) is 14.8. The third-order valence-electron chi connectivity index (χ3n) is 3.16. The summed E-state index contributed by atoms with van der Waals surface area (Å²) in [4.78, 5) is 40.3. The Balaban J connectivity index is 2.40. The predicted molar refractivity (Wildman–Crippen MR) is 72.0 cm³/mol. The Morgan fingerprint density at radius 1 is 1.57 bits per heavy atom. The molecule has 0 aliphatic carbocycles. The molecule has 0 aromatic carbocycles. The van der Waals surface area contributed by atoms with Crippen LogP contribution in [0.1, 0.15) is 16.8 Å². The molecule has 0 bridgehead atoms. The van der Waals surface area contributed by atoms with Crippen molar-refractivity contribution in [1.29, 1.82) is 0 Å². The molecular formula is C13H15N3O5. The number of aromatic nitrogens is 1. The molecule has 1 amide bonds. The largest absolute Gasteiger partial charge is 0.481 e. The highest BCUT2D eigenvalue weighted by atomic mass is 16.5. The molecule has 0 spiro atoms. The van der Waals surface area contributed by atoms with Gasteiger partial charge in [-0.1, -0.05) is 0 Å².